The molecule has 1 N–H and O–H groups in total. The average molecular weight is 336 g/mol. The van der Waals surface area contributed by atoms with Gasteiger partial charge in [0.15, 0.2) is 0 Å². The number of alkyl halides is 3. The third-order valence-corrected chi connectivity index (χ3v) is 3.25. The zero-order valence-corrected chi connectivity index (χ0v) is 12.8. The van der Waals surface area contributed by atoms with Crippen LogP contribution in [0, 0.1) is 0 Å². The van der Waals surface area contributed by atoms with Crippen LogP contribution in [-0.4, -0.2) is 17.7 Å². The summed E-state index contributed by atoms with van der Waals surface area (Å²) in [4.78, 5) is 11.5. The molecule has 0 heterocycles. The number of hydrogen-bond acceptors (Lipinski definition) is 2. The van der Waals surface area contributed by atoms with E-state index in [-0.39, 0.29) is 16.7 Å². The van der Waals surface area contributed by atoms with E-state index in [9.17, 15) is 23.1 Å². The lowest BCUT2D eigenvalue weighted by Gasteiger charge is -2.11. The maximum atomic E-state index is 13.1. The van der Waals surface area contributed by atoms with Gasteiger partial charge in [0.1, 0.15) is 5.75 Å². The molecule has 0 spiro atoms. The first-order chi connectivity index (χ1) is 11.3. The molecule has 0 amide bonds. The Hall–Kier alpha value is -2.76. The molecule has 0 aliphatic heterocycles. The average Bonchev–Trinajstić information content (AvgIpc) is 2.52. The van der Waals surface area contributed by atoms with Gasteiger partial charge in [-0.3, -0.25) is 0 Å². The molecule has 0 aliphatic carbocycles. The fourth-order valence-electron chi connectivity index (χ4n) is 2.23. The molecular formula is C18H15F3O3. The van der Waals surface area contributed by atoms with E-state index in [0.29, 0.717) is 12.4 Å². The molecule has 2 aromatic carbocycles. The number of ether oxygens (including phenoxy) is 1. The molecule has 2 aromatic rings. The largest absolute Gasteiger partial charge is 0.494 e. The van der Waals surface area contributed by atoms with Crippen molar-refractivity contribution >= 4 is 17.6 Å². The van der Waals surface area contributed by atoms with E-state index in [0.717, 1.165) is 12.1 Å². The number of carbonyl (C=O) groups is 1. The Balaban J connectivity index is 2.55. The first-order valence-electron chi connectivity index (χ1n) is 7.17. The van der Waals surface area contributed by atoms with Crippen molar-refractivity contribution in [3.63, 3.8) is 0 Å². The van der Waals surface area contributed by atoms with Gasteiger partial charge in [0, 0.05) is 0 Å². The summed E-state index contributed by atoms with van der Waals surface area (Å²) in [6, 6.07) is 11.1. The van der Waals surface area contributed by atoms with Crippen molar-refractivity contribution in [2.75, 3.05) is 6.61 Å². The molecule has 0 radical (unpaired) electrons. The number of carboxylic acid groups (broad SMARTS) is 1. The Labute approximate surface area is 137 Å². The summed E-state index contributed by atoms with van der Waals surface area (Å²) < 4.78 is 44.5. The second kappa shape index (κ2) is 7.21. The van der Waals surface area contributed by atoms with Crippen molar-refractivity contribution < 1.29 is 27.8 Å². The highest BCUT2D eigenvalue weighted by Gasteiger charge is 2.32. The Kier molecular flexibility index (Phi) is 5.28. The van der Waals surface area contributed by atoms with E-state index in [1.807, 2.05) is 0 Å². The number of halogens is 3. The van der Waals surface area contributed by atoms with Crippen LogP contribution in [0.5, 0.6) is 5.75 Å². The molecule has 0 aromatic heterocycles. The first-order valence-corrected chi connectivity index (χ1v) is 7.17. The predicted molar refractivity (Wildman–Crippen MR) is 84.6 cm³/mol. The molecular weight excluding hydrogens is 321 g/mol. The summed E-state index contributed by atoms with van der Waals surface area (Å²) >= 11 is 0. The maximum absolute atomic E-state index is 13.1. The Bertz CT molecular complexity index is 764. The SMILES string of the molecule is CCOc1cccc(/C(=C/c2ccccc2C(F)(F)F)C(=O)O)c1. The molecule has 3 nitrogen and oxygen atoms in total. The van der Waals surface area contributed by atoms with E-state index in [4.69, 9.17) is 4.74 Å². The second-order valence-electron chi connectivity index (χ2n) is 4.91. The van der Waals surface area contributed by atoms with Crippen molar-refractivity contribution in [3.8, 4) is 5.75 Å². The van der Waals surface area contributed by atoms with Gasteiger partial charge in [-0.1, -0.05) is 30.3 Å². The van der Waals surface area contributed by atoms with Crippen molar-refractivity contribution in [2.24, 2.45) is 0 Å². The topological polar surface area (TPSA) is 46.5 Å². The normalized spacial score (nSPS) is 12.1. The zero-order valence-electron chi connectivity index (χ0n) is 12.8. The molecule has 126 valence electrons. The molecule has 0 saturated heterocycles. The fraction of sp³-hybridized carbons (Fsp3) is 0.167. The lowest BCUT2D eigenvalue weighted by Crippen LogP contribution is -2.08. The van der Waals surface area contributed by atoms with Crippen molar-refractivity contribution in [3.05, 3.63) is 65.2 Å². The molecule has 0 aliphatic rings. The Morgan fingerprint density at radius 2 is 1.88 bits per heavy atom. The van der Waals surface area contributed by atoms with Crippen LogP contribution in [0.25, 0.3) is 11.6 Å². The van der Waals surface area contributed by atoms with Crippen LogP contribution in [0.2, 0.25) is 0 Å². The lowest BCUT2D eigenvalue weighted by atomic mass is 9.99. The van der Waals surface area contributed by atoms with Crippen LogP contribution in [0.15, 0.2) is 48.5 Å². The highest BCUT2D eigenvalue weighted by Crippen LogP contribution is 2.34. The Morgan fingerprint density at radius 3 is 2.50 bits per heavy atom. The van der Waals surface area contributed by atoms with Crippen LogP contribution >= 0.6 is 0 Å². The summed E-state index contributed by atoms with van der Waals surface area (Å²) in [5.41, 5.74) is -1.06. The van der Waals surface area contributed by atoms with Gasteiger partial charge in [-0.2, -0.15) is 13.2 Å². The summed E-state index contributed by atoms with van der Waals surface area (Å²) in [5.74, 6) is -0.869. The molecule has 0 fully saturated rings. The van der Waals surface area contributed by atoms with E-state index in [1.54, 1.807) is 19.1 Å². The van der Waals surface area contributed by atoms with Gasteiger partial charge in [0.2, 0.25) is 0 Å². The first kappa shape index (κ1) is 17.6. The minimum Gasteiger partial charge on any atom is -0.494 e. The Morgan fingerprint density at radius 1 is 1.17 bits per heavy atom. The van der Waals surface area contributed by atoms with E-state index < -0.39 is 17.7 Å². The molecule has 0 unspecified atom stereocenters. The van der Waals surface area contributed by atoms with Crippen LogP contribution in [0.3, 0.4) is 0 Å². The molecule has 0 saturated carbocycles. The van der Waals surface area contributed by atoms with Crippen LogP contribution < -0.4 is 4.74 Å². The van der Waals surface area contributed by atoms with Crippen LogP contribution in [0.4, 0.5) is 13.2 Å². The number of aliphatic carboxylic acids is 1. The maximum Gasteiger partial charge on any atom is 0.416 e. The van der Waals surface area contributed by atoms with E-state index in [2.05, 4.69) is 0 Å². The molecule has 6 heteroatoms. The molecule has 2 rings (SSSR count). The van der Waals surface area contributed by atoms with E-state index in [1.165, 1.54) is 30.3 Å². The van der Waals surface area contributed by atoms with Gasteiger partial charge in [-0.05, 0) is 42.3 Å². The summed E-state index contributed by atoms with van der Waals surface area (Å²) in [5, 5.41) is 9.41. The summed E-state index contributed by atoms with van der Waals surface area (Å²) in [6.45, 7) is 2.17. The number of benzene rings is 2. The van der Waals surface area contributed by atoms with E-state index >= 15 is 0 Å². The smallest absolute Gasteiger partial charge is 0.416 e. The third-order valence-electron chi connectivity index (χ3n) is 3.25. The van der Waals surface area contributed by atoms with Gasteiger partial charge in [0.25, 0.3) is 0 Å². The zero-order chi connectivity index (χ0) is 17.7. The highest BCUT2D eigenvalue weighted by molar-refractivity contribution is 6.20. The minimum atomic E-state index is -4.57. The predicted octanol–water partition coefficient (Wildman–Crippen LogP) is 4.73. The second-order valence-corrected chi connectivity index (χ2v) is 4.91. The van der Waals surface area contributed by atoms with Crippen molar-refractivity contribution in [1.82, 2.24) is 0 Å². The van der Waals surface area contributed by atoms with Gasteiger partial charge in [0.05, 0.1) is 17.7 Å². The number of rotatable bonds is 5. The quantitative estimate of drug-likeness (QED) is 0.634. The van der Waals surface area contributed by atoms with Gasteiger partial charge < -0.3 is 9.84 Å². The van der Waals surface area contributed by atoms with Crippen LogP contribution in [0.1, 0.15) is 23.6 Å². The third kappa shape index (κ3) is 4.16. The monoisotopic (exact) mass is 336 g/mol. The lowest BCUT2D eigenvalue weighted by molar-refractivity contribution is -0.137. The molecule has 24 heavy (non-hydrogen) atoms. The minimum absolute atomic E-state index is 0.204. The standard InChI is InChI=1S/C18H15F3O3/c1-2-24-14-8-5-7-12(10-14)15(17(22)23)11-13-6-3-4-9-16(13)18(19,20)21/h3-11H,2H2,1H3,(H,22,23)/b15-11-. The van der Waals surface area contributed by atoms with Crippen LogP contribution in [-0.2, 0) is 11.0 Å². The summed E-state index contributed by atoms with van der Waals surface area (Å²) in [6.07, 6.45) is -3.54. The van der Waals surface area contributed by atoms with Gasteiger partial charge >= 0.3 is 12.1 Å². The van der Waals surface area contributed by atoms with Gasteiger partial charge in [-0.25, -0.2) is 4.79 Å². The number of carboxylic acids is 1. The molecule has 0 atom stereocenters. The van der Waals surface area contributed by atoms with Gasteiger partial charge in [-0.15, -0.1) is 0 Å². The fourth-order valence-corrected chi connectivity index (χ4v) is 2.23. The van der Waals surface area contributed by atoms with Crippen molar-refractivity contribution in [2.45, 2.75) is 13.1 Å². The van der Waals surface area contributed by atoms with Crippen molar-refractivity contribution in [1.29, 1.82) is 0 Å². The summed E-state index contributed by atoms with van der Waals surface area (Å²) in [7, 11) is 0. The number of hydrogen-bond donors (Lipinski definition) is 1. The molecule has 0 bridgehead atoms. The highest BCUT2D eigenvalue weighted by atomic mass is 19.4.